The van der Waals surface area contributed by atoms with Crippen molar-refractivity contribution in [3.63, 3.8) is 0 Å². The van der Waals surface area contributed by atoms with Crippen molar-refractivity contribution in [2.24, 2.45) is 5.84 Å². The van der Waals surface area contributed by atoms with E-state index in [2.05, 4.69) is 53.7 Å². The number of nitrogens with one attached hydrogen (secondary N) is 1. The Bertz CT molecular complexity index is 730. The molecule has 0 radical (unpaired) electrons. The number of aromatic nitrogens is 1. The van der Waals surface area contributed by atoms with Gasteiger partial charge in [-0.25, -0.2) is 0 Å². The molecule has 21 heavy (non-hydrogen) atoms. The zero-order valence-corrected chi connectivity index (χ0v) is 12.1. The van der Waals surface area contributed by atoms with Crippen LogP contribution in [0.15, 0.2) is 60.8 Å². The van der Waals surface area contributed by atoms with Crippen molar-refractivity contribution < 1.29 is 0 Å². The third-order valence-electron chi connectivity index (χ3n) is 3.80. The first kappa shape index (κ1) is 13.7. The number of hydrogen-bond acceptors (Lipinski definition) is 3. The Morgan fingerprint density at radius 2 is 1.81 bits per heavy atom. The van der Waals surface area contributed by atoms with E-state index in [0.29, 0.717) is 0 Å². The van der Waals surface area contributed by atoms with Crippen molar-refractivity contribution in [3.8, 4) is 0 Å². The van der Waals surface area contributed by atoms with Crippen LogP contribution in [0.4, 0.5) is 0 Å². The first-order valence-corrected chi connectivity index (χ1v) is 7.13. The molecule has 0 saturated carbocycles. The zero-order valence-electron chi connectivity index (χ0n) is 12.1. The van der Waals surface area contributed by atoms with Crippen molar-refractivity contribution in [2.45, 2.75) is 19.4 Å². The number of benzene rings is 2. The lowest BCUT2D eigenvalue weighted by Crippen LogP contribution is -2.30. The zero-order chi connectivity index (χ0) is 14.7. The van der Waals surface area contributed by atoms with Crippen molar-refractivity contribution >= 4 is 10.8 Å². The molecule has 0 spiro atoms. The summed E-state index contributed by atoms with van der Waals surface area (Å²) < 4.78 is 0. The maximum atomic E-state index is 5.78. The molecule has 3 nitrogen and oxygen atoms in total. The van der Waals surface area contributed by atoms with Crippen LogP contribution in [0.1, 0.15) is 22.9 Å². The highest BCUT2D eigenvalue weighted by molar-refractivity contribution is 5.84. The summed E-state index contributed by atoms with van der Waals surface area (Å²) in [5.74, 6) is 5.78. The van der Waals surface area contributed by atoms with E-state index in [4.69, 9.17) is 5.84 Å². The van der Waals surface area contributed by atoms with Gasteiger partial charge in [-0.05, 0) is 30.4 Å². The first-order valence-electron chi connectivity index (χ1n) is 7.13. The molecule has 3 N–H and O–H groups in total. The van der Waals surface area contributed by atoms with Gasteiger partial charge in [-0.2, -0.15) is 0 Å². The van der Waals surface area contributed by atoms with Crippen LogP contribution < -0.4 is 11.3 Å². The molecular weight excluding hydrogens is 258 g/mol. The molecule has 0 fully saturated rings. The minimum Gasteiger partial charge on any atom is -0.271 e. The van der Waals surface area contributed by atoms with Gasteiger partial charge in [0.2, 0.25) is 0 Å². The third kappa shape index (κ3) is 2.94. The van der Waals surface area contributed by atoms with Crippen LogP contribution in [0.2, 0.25) is 0 Å². The molecule has 106 valence electrons. The average molecular weight is 277 g/mol. The molecule has 1 heterocycles. The van der Waals surface area contributed by atoms with Crippen molar-refractivity contribution in [1.82, 2.24) is 10.4 Å². The van der Waals surface area contributed by atoms with Gasteiger partial charge in [0, 0.05) is 11.6 Å². The smallest absolute Gasteiger partial charge is 0.0678 e. The minimum absolute atomic E-state index is 0.00111. The monoisotopic (exact) mass is 277 g/mol. The van der Waals surface area contributed by atoms with E-state index in [1.54, 1.807) is 0 Å². The Morgan fingerprint density at radius 1 is 1.05 bits per heavy atom. The number of pyridine rings is 1. The molecule has 1 atom stereocenters. The fraction of sp³-hybridized carbons (Fsp3) is 0.167. The van der Waals surface area contributed by atoms with Gasteiger partial charge in [0.1, 0.15) is 0 Å². The van der Waals surface area contributed by atoms with Crippen LogP contribution in [0.3, 0.4) is 0 Å². The second-order valence-corrected chi connectivity index (χ2v) is 5.33. The van der Waals surface area contributed by atoms with Gasteiger partial charge in [0.05, 0.1) is 11.7 Å². The Hall–Kier alpha value is -2.23. The number of rotatable bonds is 4. The molecule has 0 aliphatic heterocycles. The van der Waals surface area contributed by atoms with Crippen LogP contribution in [0, 0.1) is 6.92 Å². The van der Waals surface area contributed by atoms with E-state index >= 15 is 0 Å². The van der Waals surface area contributed by atoms with E-state index in [1.807, 2.05) is 24.4 Å². The van der Waals surface area contributed by atoms with Crippen LogP contribution >= 0.6 is 0 Å². The summed E-state index contributed by atoms with van der Waals surface area (Å²) in [6, 6.07) is 18.8. The summed E-state index contributed by atoms with van der Waals surface area (Å²) in [5.41, 5.74) is 6.42. The lowest BCUT2D eigenvalue weighted by molar-refractivity contribution is 0.542. The predicted octanol–water partition coefficient (Wildman–Crippen LogP) is 3.29. The number of nitrogens with two attached hydrogens (primary N) is 1. The van der Waals surface area contributed by atoms with E-state index in [1.165, 1.54) is 16.5 Å². The molecule has 1 aromatic heterocycles. The summed E-state index contributed by atoms with van der Waals surface area (Å²) >= 11 is 0. The normalized spacial score (nSPS) is 12.5. The summed E-state index contributed by atoms with van der Waals surface area (Å²) in [4.78, 5) is 4.55. The van der Waals surface area contributed by atoms with Crippen LogP contribution in [0.5, 0.6) is 0 Å². The molecule has 0 aliphatic carbocycles. The quantitative estimate of drug-likeness (QED) is 0.568. The molecule has 3 heteroatoms. The summed E-state index contributed by atoms with van der Waals surface area (Å²) in [5, 5.41) is 2.33. The molecule has 1 unspecified atom stereocenters. The summed E-state index contributed by atoms with van der Waals surface area (Å²) in [7, 11) is 0. The SMILES string of the molecule is Cc1ccc(CC(NN)c2nccc3ccccc23)cc1. The number of nitrogens with zero attached hydrogens (tertiary/aromatic N) is 1. The van der Waals surface area contributed by atoms with E-state index in [9.17, 15) is 0 Å². The highest BCUT2D eigenvalue weighted by Crippen LogP contribution is 2.24. The average Bonchev–Trinajstić information content (AvgIpc) is 2.54. The van der Waals surface area contributed by atoms with Crippen LogP contribution in [-0.4, -0.2) is 4.98 Å². The Kier molecular flexibility index (Phi) is 3.95. The van der Waals surface area contributed by atoms with Gasteiger partial charge in [0.15, 0.2) is 0 Å². The fourth-order valence-electron chi connectivity index (χ4n) is 2.62. The minimum atomic E-state index is -0.00111. The molecule has 0 amide bonds. The third-order valence-corrected chi connectivity index (χ3v) is 3.80. The van der Waals surface area contributed by atoms with Gasteiger partial charge in [-0.3, -0.25) is 16.3 Å². The number of aryl methyl sites for hydroxylation is 1. The number of hydrazine groups is 1. The summed E-state index contributed by atoms with van der Waals surface area (Å²) in [6.45, 7) is 2.09. The Balaban J connectivity index is 1.96. The second kappa shape index (κ2) is 6.04. The van der Waals surface area contributed by atoms with Gasteiger partial charge in [-0.1, -0.05) is 54.1 Å². The van der Waals surface area contributed by atoms with Gasteiger partial charge >= 0.3 is 0 Å². The maximum absolute atomic E-state index is 5.78. The lowest BCUT2D eigenvalue weighted by Gasteiger charge is -2.17. The molecule has 0 saturated heterocycles. The van der Waals surface area contributed by atoms with E-state index in [0.717, 1.165) is 17.5 Å². The molecule has 2 aromatic carbocycles. The van der Waals surface area contributed by atoms with Gasteiger partial charge < -0.3 is 0 Å². The molecule has 0 aliphatic rings. The number of fused-ring (bicyclic) bond motifs is 1. The highest BCUT2D eigenvalue weighted by atomic mass is 15.2. The molecule has 0 bridgehead atoms. The molecular formula is C18H19N3. The summed E-state index contributed by atoms with van der Waals surface area (Å²) in [6.07, 6.45) is 2.66. The number of hydrogen-bond donors (Lipinski definition) is 2. The standard InChI is InChI=1S/C18H19N3/c1-13-6-8-14(9-7-13)12-17(21-19)18-16-5-3-2-4-15(16)10-11-20-18/h2-11,17,21H,12,19H2,1H3. The Labute approximate surface area is 124 Å². The van der Waals surface area contributed by atoms with Gasteiger partial charge in [0.25, 0.3) is 0 Å². The second-order valence-electron chi connectivity index (χ2n) is 5.33. The first-order chi connectivity index (χ1) is 10.3. The molecule has 3 rings (SSSR count). The van der Waals surface area contributed by atoms with E-state index in [-0.39, 0.29) is 6.04 Å². The largest absolute Gasteiger partial charge is 0.271 e. The van der Waals surface area contributed by atoms with E-state index < -0.39 is 0 Å². The highest BCUT2D eigenvalue weighted by Gasteiger charge is 2.15. The topological polar surface area (TPSA) is 50.9 Å². The van der Waals surface area contributed by atoms with Crippen molar-refractivity contribution in [3.05, 3.63) is 77.6 Å². The van der Waals surface area contributed by atoms with Gasteiger partial charge in [-0.15, -0.1) is 0 Å². The maximum Gasteiger partial charge on any atom is 0.0678 e. The lowest BCUT2D eigenvalue weighted by atomic mass is 9.98. The molecule has 3 aromatic rings. The fourth-order valence-corrected chi connectivity index (χ4v) is 2.62. The van der Waals surface area contributed by atoms with Crippen LogP contribution in [0.25, 0.3) is 10.8 Å². The van der Waals surface area contributed by atoms with Crippen molar-refractivity contribution in [1.29, 1.82) is 0 Å². The van der Waals surface area contributed by atoms with Crippen molar-refractivity contribution in [2.75, 3.05) is 0 Å². The van der Waals surface area contributed by atoms with Crippen LogP contribution in [-0.2, 0) is 6.42 Å². The predicted molar refractivity (Wildman–Crippen MR) is 86.7 cm³/mol. The Morgan fingerprint density at radius 3 is 2.57 bits per heavy atom.